The molecule has 0 saturated carbocycles. The van der Waals surface area contributed by atoms with Gasteiger partial charge in [-0.3, -0.25) is 4.79 Å². The van der Waals surface area contributed by atoms with Crippen LogP contribution in [0.3, 0.4) is 0 Å². The molecule has 1 amide bonds. The summed E-state index contributed by atoms with van der Waals surface area (Å²) in [6.07, 6.45) is 0. The SMILES string of the molecule is CCN(CC)[Si](C)(C)c1ccccc1C(=O)N=[N+]=[N-]. The lowest BCUT2D eigenvalue weighted by Gasteiger charge is -2.36. The molecular weight excluding hydrogens is 256 g/mol. The first-order chi connectivity index (χ1) is 8.98. The molecular formula is C13H20N4OSi. The summed E-state index contributed by atoms with van der Waals surface area (Å²) < 4.78 is 2.40. The Morgan fingerprint density at radius 3 is 2.42 bits per heavy atom. The summed E-state index contributed by atoms with van der Waals surface area (Å²) in [5.74, 6) is -0.495. The minimum Gasteiger partial charge on any atom is -0.321 e. The molecule has 6 heteroatoms. The Bertz CT molecular complexity index is 505. The van der Waals surface area contributed by atoms with Crippen LogP contribution in [0.1, 0.15) is 24.2 Å². The second-order valence-electron chi connectivity index (χ2n) is 4.77. The molecule has 0 aliphatic carbocycles. The van der Waals surface area contributed by atoms with E-state index >= 15 is 0 Å². The Labute approximate surface area is 115 Å². The standard InChI is InChI=1S/C13H20N4OSi/c1-5-17(6-2)19(3,4)12-10-8-7-9-11(12)13(18)15-16-14/h7-10H,5-6H2,1-4H3. The van der Waals surface area contributed by atoms with Gasteiger partial charge in [0.2, 0.25) is 5.91 Å². The summed E-state index contributed by atoms with van der Waals surface area (Å²) >= 11 is 0. The van der Waals surface area contributed by atoms with E-state index in [2.05, 4.69) is 41.5 Å². The van der Waals surface area contributed by atoms with Crippen LogP contribution in [0.5, 0.6) is 0 Å². The first-order valence-corrected chi connectivity index (χ1v) is 9.37. The molecule has 0 unspecified atom stereocenters. The number of benzene rings is 1. The average molecular weight is 276 g/mol. The quantitative estimate of drug-likeness (QED) is 0.359. The second-order valence-corrected chi connectivity index (χ2v) is 9.06. The fourth-order valence-corrected chi connectivity index (χ4v) is 5.76. The maximum absolute atomic E-state index is 11.9. The molecule has 0 heterocycles. The number of hydrogen-bond acceptors (Lipinski definition) is 2. The van der Waals surface area contributed by atoms with E-state index in [0.717, 1.165) is 18.3 Å². The van der Waals surface area contributed by atoms with Gasteiger partial charge in [-0.1, -0.05) is 51.2 Å². The van der Waals surface area contributed by atoms with Gasteiger partial charge in [0.05, 0.1) is 0 Å². The number of carbonyl (C=O) groups excluding carboxylic acids is 1. The molecule has 0 aliphatic heterocycles. The molecule has 0 radical (unpaired) electrons. The highest BCUT2D eigenvalue weighted by Gasteiger charge is 2.32. The van der Waals surface area contributed by atoms with E-state index in [4.69, 9.17) is 5.53 Å². The predicted octanol–water partition coefficient (Wildman–Crippen LogP) is 2.89. The third-order valence-electron chi connectivity index (χ3n) is 3.51. The molecule has 0 aliphatic rings. The molecule has 0 bridgehead atoms. The van der Waals surface area contributed by atoms with Gasteiger partial charge in [-0.25, -0.2) is 0 Å². The van der Waals surface area contributed by atoms with Crippen LogP contribution in [0.25, 0.3) is 10.4 Å². The van der Waals surface area contributed by atoms with Crippen molar-refractivity contribution in [1.82, 2.24) is 4.57 Å². The van der Waals surface area contributed by atoms with Crippen molar-refractivity contribution in [2.24, 2.45) is 5.11 Å². The predicted molar refractivity (Wildman–Crippen MR) is 80.0 cm³/mol. The van der Waals surface area contributed by atoms with Crippen LogP contribution in [-0.2, 0) is 0 Å². The lowest BCUT2D eigenvalue weighted by atomic mass is 10.2. The van der Waals surface area contributed by atoms with Gasteiger partial charge in [0.25, 0.3) is 0 Å². The highest BCUT2D eigenvalue weighted by molar-refractivity contribution is 6.88. The normalized spacial score (nSPS) is 11.2. The topological polar surface area (TPSA) is 69.1 Å². The minimum atomic E-state index is -1.92. The molecule has 0 fully saturated rings. The maximum atomic E-state index is 11.9. The number of amides is 1. The Morgan fingerprint density at radius 2 is 1.89 bits per heavy atom. The fourth-order valence-electron chi connectivity index (χ4n) is 2.48. The molecule has 0 spiro atoms. The molecule has 102 valence electrons. The monoisotopic (exact) mass is 276 g/mol. The smallest absolute Gasteiger partial charge is 0.249 e. The van der Waals surface area contributed by atoms with E-state index in [1.54, 1.807) is 12.1 Å². The molecule has 0 saturated heterocycles. The lowest BCUT2D eigenvalue weighted by molar-refractivity contribution is 0.100. The van der Waals surface area contributed by atoms with Crippen LogP contribution < -0.4 is 5.19 Å². The van der Waals surface area contributed by atoms with Crippen molar-refractivity contribution in [3.05, 3.63) is 40.3 Å². The van der Waals surface area contributed by atoms with Crippen molar-refractivity contribution in [3.8, 4) is 0 Å². The van der Waals surface area contributed by atoms with Crippen molar-refractivity contribution in [1.29, 1.82) is 0 Å². The lowest BCUT2D eigenvalue weighted by Crippen LogP contribution is -2.59. The highest BCUT2D eigenvalue weighted by atomic mass is 28.3. The van der Waals surface area contributed by atoms with Gasteiger partial charge in [0, 0.05) is 10.5 Å². The Morgan fingerprint density at radius 1 is 1.32 bits per heavy atom. The van der Waals surface area contributed by atoms with Gasteiger partial charge in [-0.05, 0) is 28.9 Å². The van der Waals surface area contributed by atoms with Gasteiger partial charge in [0.1, 0.15) is 0 Å². The molecule has 0 aromatic heterocycles. The summed E-state index contributed by atoms with van der Waals surface area (Å²) in [7, 11) is -1.92. The zero-order valence-electron chi connectivity index (χ0n) is 11.9. The molecule has 0 N–H and O–H groups in total. The summed E-state index contributed by atoms with van der Waals surface area (Å²) in [5.41, 5.74) is 8.96. The average Bonchev–Trinajstić information content (AvgIpc) is 2.40. The first-order valence-electron chi connectivity index (χ1n) is 6.43. The third-order valence-corrected chi connectivity index (χ3v) is 7.47. The summed E-state index contributed by atoms with van der Waals surface area (Å²) in [6.45, 7) is 10.6. The van der Waals surface area contributed by atoms with Crippen molar-refractivity contribution >= 4 is 19.3 Å². The van der Waals surface area contributed by atoms with E-state index in [9.17, 15) is 4.79 Å². The summed E-state index contributed by atoms with van der Waals surface area (Å²) in [5, 5.41) is 4.25. The molecule has 1 aromatic rings. The van der Waals surface area contributed by atoms with Gasteiger partial charge >= 0.3 is 0 Å². The number of azide groups is 1. The highest BCUT2D eigenvalue weighted by Crippen LogP contribution is 2.13. The van der Waals surface area contributed by atoms with Crippen LogP contribution in [-0.4, -0.2) is 31.8 Å². The maximum Gasteiger partial charge on any atom is 0.249 e. The van der Waals surface area contributed by atoms with E-state index in [1.165, 1.54) is 0 Å². The van der Waals surface area contributed by atoms with E-state index in [-0.39, 0.29) is 0 Å². The minimum absolute atomic E-state index is 0.495. The zero-order chi connectivity index (χ0) is 14.5. The number of nitrogens with zero attached hydrogens (tertiary/aromatic N) is 4. The van der Waals surface area contributed by atoms with Gasteiger partial charge < -0.3 is 4.57 Å². The van der Waals surface area contributed by atoms with Crippen LogP contribution in [0.15, 0.2) is 29.4 Å². The van der Waals surface area contributed by atoms with Gasteiger partial charge in [0.15, 0.2) is 8.24 Å². The molecule has 1 aromatic carbocycles. The number of carbonyl (C=O) groups is 1. The third kappa shape index (κ3) is 3.23. The van der Waals surface area contributed by atoms with Crippen molar-refractivity contribution in [3.63, 3.8) is 0 Å². The van der Waals surface area contributed by atoms with E-state index < -0.39 is 14.1 Å². The Kier molecular flexibility index (Phi) is 5.29. The molecule has 5 nitrogen and oxygen atoms in total. The Balaban J connectivity index is 3.34. The summed E-state index contributed by atoms with van der Waals surface area (Å²) in [6, 6.07) is 7.45. The molecule has 0 atom stereocenters. The van der Waals surface area contributed by atoms with Crippen molar-refractivity contribution in [2.75, 3.05) is 13.1 Å². The molecule has 1 rings (SSSR count). The zero-order valence-corrected chi connectivity index (χ0v) is 12.9. The number of rotatable bonds is 5. The van der Waals surface area contributed by atoms with E-state index in [0.29, 0.717) is 5.56 Å². The molecule has 19 heavy (non-hydrogen) atoms. The first kappa shape index (κ1) is 15.4. The van der Waals surface area contributed by atoms with Crippen molar-refractivity contribution < 1.29 is 4.79 Å². The van der Waals surface area contributed by atoms with Crippen LogP contribution in [0, 0.1) is 0 Å². The number of hydrogen-bond donors (Lipinski definition) is 0. The van der Waals surface area contributed by atoms with Crippen LogP contribution >= 0.6 is 0 Å². The van der Waals surface area contributed by atoms with Gasteiger partial charge in [-0.2, -0.15) is 0 Å². The van der Waals surface area contributed by atoms with Crippen LogP contribution in [0.4, 0.5) is 0 Å². The second kappa shape index (κ2) is 6.52. The van der Waals surface area contributed by atoms with Crippen molar-refractivity contribution in [2.45, 2.75) is 26.9 Å². The fraction of sp³-hybridized carbons (Fsp3) is 0.462. The van der Waals surface area contributed by atoms with E-state index in [1.807, 2.05) is 12.1 Å². The van der Waals surface area contributed by atoms with Crippen LogP contribution in [0.2, 0.25) is 13.1 Å². The Hall–Kier alpha value is -1.62. The van der Waals surface area contributed by atoms with Gasteiger partial charge in [-0.15, -0.1) is 0 Å². The summed E-state index contributed by atoms with van der Waals surface area (Å²) in [4.78, 5) is 14.5. The largest absolute Gasteiger partial charge is 0.321 e.